The lowest BCUT2D eigenvalue weighted by Crippen LogP contribution is -2.02. The fraction of sp³-hybridized carbons (Fsp3) is 0.400. The third-order valence-electron chi connectivity index (χ3n) is 1.81. The Balaban J connectivity index is 2.63. The quantitative estimate of drug-likeness (QED) is 0.882. The number of rotatable bonds is 4. The molecule has 0 aliphatic heterocycles. The van der Waals surface area contributed by atoms with Crippen molar-refractivity contribution in [3.8, 4) is 0 Å². The molecular weight excluding hydrogens is 239 g/mol. The molecule has 78 valence electrons. The minimum absolute atomic E-state index is 0.183. The average molecular weight is 251 g/mol. The Kier molecular flexibility index (Phi) is 5.10. The first-order valence-electron chi connectivity index (χ1n) is 4.30. The van der Waals surface area contributed by atoms with Crippen molar-refractivity contribution in [2.75, 3.05) is 6.61 Å². The summed E-state index contributed by atoms with van der Waals surface area (Å²) < 4.78 is 0. The van der Waals surface area contributed by atoms with Crippen molar-refractivity contribution in [3.05, 3.63) is 33.8 Å². The van der Waals surface area contributed by atoms with E-state index in [-0.39, 0.29) is 11.9 Å². The molecule has 0 aliphatic rings. The number of thioether (sulfide) groups is 1. The van der Waals surface area contributed by atoms with Crippen LogP contribution in [0.4, 0.5) is 0 Å². The zero-order valence-corrected chi connectivity index (χ0v) is 10.2. The zero-order chi connectivity index (χ0) is 10.6. The molecule has 0 heterocycles. The molecule has 0 saturated heterocycles. The van der Waals surface area contributed by atoms with Crippen molar-refractivity contribution < 1.29 is 5.11 Å². The molecule has 1 aromatic carbocycles. The zero-order valence-electron chi connectivity index (χ0n) is 7.84. The van der Waals surface area contributed by atoms with Crippen LogP contribution in [0.5, 0.6) is 0 Å². The molecule has 0 fully saturated rings. The number of aliphatic hydroxyl groups is 1. The largest absolute Gasteiger partial charge is 0.395 e. The molecule has 0 aromatic heterocycles. The first kappa shape index (κ1) is 12.2. The Hall–Kier alpha value is 0.110. The van der Waals surface area contributed by atoms with Gasteiger partial charge in [0.1, 0.15) is 0 Å². The molecule has 0 bridgehead atoms. The molecule has 0 aliphatic carbocycles. The van der Waals surface area contributed by atoms with Gasteiger partial charge in [0.05, 0.1) is 16.7 Å². The molecule has 1 nitrogen and oxygen atoms in total. The highest BCUT2D eigenvalue weighted by Crippen LogP contribution is 2.29. The Morgan fingerprint density at radius 3 is 2.79 bits per heavy atom. The van der Waals surface area contributed by atoms with Crippen molar-refractivity contribution in [2.24, 2.45) is 0 Å². The van der Waals surface area contributed by atoms with E-state index in [0.29, 0.717) is 10.0 Å². The number of hydrogen-bond donors (Lipinski definition) is 1. The first-order valence-corrected chi connectivity index (χ1v) is 6.11. The van der Waals surface area contributed by atoms with E-state index in [1.54, 1.807) is 17.8 Å². The molecule has 1 N–H and O–H groups in total. The number of halogens is 2. The highest BCUT2D eigenvalue weighted by molar-refractivity contribution is 7.99. The summed E-state index contributed by atoms with van der Waals surface area (Å²) in [5, 5.41) is 10.3. The van der Waals surface area contributed by atoms with Gasteiger partial charge in [-0.15, -0.1) is 0 Å². The van der Waals surface area contributed by atoms with Gasteiger partial charge in [-0.3, -0.25) is 0 Å². The summed E-state index contributed by atoms with van der Waals surface area (Å²) in [6.07, 6.45) is 0. The Morgan fingerprint density at radius 1 is 1.43 bits per heavy atom. The van der Waals surface area contributed by atoms with Crippen LogP contribution in [0.25, 0.3) is 0 Å². The normalized spacial score (nSPS) is 12.9. The van der Waals surface area contributed by atoms with E-state index in [9.17, 15) is 0 Å². The lowest BCUT2D eigenvalue weighted by molar-refractivity contribution is 0.300. The molecule has 4 heteroatoms. The molecule has 0 spiro atoms. The molecule has 1 rings (SSSR count). The molecule has 1 unspecified atom stereocenters. The van der Waals surface area contributed by atoms with E-state index in [0.717, 1.165) is 11.3 Å². The van der Waals surface area contributed by atoms with Gasteiger partial charge >= 0.3 is 0 Å². The third-order valence-corrected chi connectivity index (χ3v) is 3.87. The van der Waals surface area contributed by atoms with Gasteiger partial charge in [0, 0.05) is 11.0 Å². The first-order chi connectivity index (χ1) is 6.65. The second kappa shape index (κ2) is 5.86. The maximum Gasteiger partial charge on any atom is 0.0632 e. The summed E-state index contributed by atoms with van der Waals surface area (Å²) >= 11 is 13.5. The van der Waals surface area contributed by atoms with Crippen LogP contribution in [-0.4, -0.2) is 17.0 Å². The summed E-state index contributed by atoms with van der Waals surface area (Å²) in [6, 6.07) is 5.60. The van der Waals surface area contributed by atoms with Crippen LogP contribution >= 0.6 is 35.0 Å². The van der Waals surface area contributed by atoms with Crippen molar-refractivity contribution in [1.29, 1.82) is 0 Å². The van der Waals surface area contributed by atoms with E-state index in [4.69, 9.17) is 28.3 Å². The summed E-state index contributed by atoms with van der Waals surface area (Å²) in [4.78, 5) is 0. The third kappa shape index (κ3) is 3.35. The average Bonchev–Trinajstić information content (AvgIpc) is 2.20. The molecule has 1 aromatic rings. The van der Waals surface area contributed by atoms with Crippen molar-refractivity contribution in [3.63, 3.8) is 0 Å². The van der Waals surface area contributed by atoms with Crippen LogP contribution in [0, 0.1) is 0 Å². The highest BCUT2D eigenvalue weighted by atomic mass is 35.5. The van der Waals surface area contributed by atoms with E-state index >= 15 is 0 Å². The fourth-order valence-corrected chi connectivity index (χ4v) is 2.22. The predicted molar refractivity (Wildman–Crippen MR) is 64.3 cm³/mol. The smallest absolute Gasteiger partial charge is 0.0632 e. The summed E-state index contributed by atoms with van der Waals surface area (Å²) in [5.74, 6) is 0.779. The summed E-state index contributed by atoms with van der Waals surface area (Å²) in [6.45, 7) is 2.16. The second-order valence-electron chi connectivity index (χ2n) is 3.02. The SMILES string of the molecule is CC(CO)SCc1cccc(Cl)c1Cl. The monoisotopic (exact) mass is 250 g/mol. The van der Waals surface area contributed by atoms with E-state index in [2.05, 4.69) is 0 Å². The second-order valence-corrected chi connectivity index (χ2v) is 5.23. The van der Waals surface area contributed by atoms with Crippen LogP contribution in [0.2, 0.25) is 10.0 Å². The van der Waals surface area contributed by atoms with Gasteiger partial charge in [0.25, 0.3) is 0 Å². The van der Waals surface area contributed by atoms with Gasteiger partial charge in [-0.05, 0) is 11.6 Å². The van der Waals surface area contributed by atoms with Gasteiger partial charge in [-0.25, -0.2) is 0 Å². The number of aliphatic hydroxyl groups excluding tert-OH is 1. The molecule has 0 amide bonds. The van der Waals surface area contributed by atoms with Crippen LogP contribution in [0.1, 0.15) is 12.5 Å². The molecule has 14 heavy (non-hydrogen) atoms. The van der Waals surface area contributed by atoms with Gasteiger partial charge in [0.2, 0.25) is 0 Å². The van der Waals surface area contributed by atoms with Crippen molar-refractivity contribution in [2.45, 2.75) is 17.9 Å². The fourth-order valence-electron chi connectivity index (χ4n) is 0.945. The van der Waals surface area contributed by atoms with E-state index in [1.165, 1.54) is 0 Å². The van der Waals surface area contributed by atoms with Crippen LogP contribution in [-0.2, 0) is 5.75 Å². The van der Waals surface area contributed by atoms with Crippen LogP contribution in [0.3, 0.4) is 0 Å². The molecule has 1 atom stereocenters. The molecule has 0 saturated carbocycles. The van der Waals surface area contributed by atoms with E-state index in [1.807, 2.05) is 19.1 Å². The van der Waals surface area contributed by atoms with Crippen LogP contribution in [0.15, 0.2) is 18.2 Å². The Morgan fingerprint density at radius 2 is 2.14 bits per heavy atom. The van der Waals surface area contributed by atoms with Crippen molar-refractivity contribution in [1.82, 2.24) is 0 Å². The molecule has 0 radical (unpaired) electrons. The summed E-state index contributed by atoms with van der Waals surface area (Å²) in [7, 11) is 0. The highest BCUT2D eigenvalue weighted by Gasteiger charge is 2.06. The maximum atomic E-state index is 8.86. The topological polar surface area (TPSA) is 20.2 Å². The standard InChI is InChI=1S/C10H12Cl2OS/c1-7(5-13)14-6-8-3-2-4-9(11)10(8)12/h2-4,7,13H,5-6H2,1H3. The van der Waals surface area contributed by atoms with Gasteiger partial charge < -0.3 is 5.11 Å². The maximum absolute atomic E-state index is 8.86. The van der Waals surface area contributed by atoms with Gasteiger partial charge in [-0.1, -0.05) is 42.3 Å². The van der Waals surface area contributed by atoms with Gasteiger partial charge in [0.15, 0.2) is 0 Å². The Labute approximate surface area is 98.4 Å². The Bertz CT molecular complexity index is 304. The molecular formula is C10H12Cl2OS. The van der Waals surface area contributed by atoms with E-state index < -0.39 is 0 Å². The predicted octanol–water partition coefficient (Wildman–Crippen LogP) is 3.61. The summed E-state index contributed by atoms with van der Waals surface area (Å²) in [5.41, 5.74) is 1.02. The minimum Gasteiger partial charge on any atom is -0.395 e. The van der Waals surface area contributed by atoms with Gasteiger partial charge in [-0.2, -0.15) is 11.8 Å². The number of hydrogen-bond acceptors (Lipinski definition) is 2. The van der Waals surface area contributed by atoms with Crippen molar-refractivity contribution >= 4 is 35.0 Å². The lowest BCUT2D eigenvalue weighted by atomic mass is 10.2. The minimum atomic E-state index is 0.183. The lowest BCUT2D eigenvalue weighted by Gasteiger charge is -2.09. The number of benzene rings is 1. The van der Waals surface area contributed by atoms with Crippen LogP contribution < -0.4 is 0 Å².